The van der Waals surface area contributed by atoms with Crippen molar-refractivity contribution in [2.45, 2.75) is 26.2 Å². The molecule has 0 aliphatic rings. The van der Waals surface area contributed by atoms with Gasteiger partial charge >= 0.3 is 0 Å². The van der Waals surface area contributed by atoms with E-state index >= 15 is 0 Å². The molecule has 0 aliphatic carbocycles. The topological polar surface area (TPSA) is 56.5 Å². The predicted octanol–water partition coefficient (Wildman–Crippen LogP) is 9.18. The third kappa shape index (κ3) is 5.10. The van der Waals surface area contributed by atoms with Gasteiger partial charge in [-0.2, -0.15) is 0 Å². The maximum atomic E-state index is 4.96. The molecule has 0 saturated carbocycles. The molecule has 5 heteroatoms. The molecule has 0 spiro atoms. The highest BCUT2D eigenvalue weighted by atomic mass is 15.3. The van der Waals surface area contributed by atoms with Crippen LogP contribution in [-0.4, -0.2) is 24.7 Å². The first-order chi connectivity index (χ1) is 21.0. The minimum atomic E-state index is 0.0490. The molecule has 4 aromatic carbocycles. The molecule has 0 fully saturated rings. The first-order valence-electron chi connectivity index (χ1n) is 14.5. The van der Waals surface area contributed by atoms with Crippen LogP contribution in [0.5, 0.6) is 0 Å². The molecule has 3 heterocycles. The number of aromatic nitrogens is 5. The van der Waals surface area contributed by atoms with Gasteiger partial charge < -0.3 is 0 Å². The number of fused-ring (bicyclic) bond motifs is 1. The first kappa shape index (κ1) is 26.5. The van der Waals surface area contributed by atoms with Gasteiger partial charge in [0.25, 0.3) is 0 Å². The van der Waals surface area contributed by atoms with Gasteiger partial charge in [0.2, 0.25) is 0 Å². The highest BCUT2D eigenvalue weighted by Crippen LogP contribution is 2.33. The van der Waals surface area contributed by atoms with Crippen LogP contribution in [0, 0.1) is 0 Å². The lowest BCUT2D eigenvalue weighted by Crippen LogP contribution is -2.11. The number of rotatable bonds is 5. The standard InChI is InChI=1S/C38H31N5/c1-38(2,3)29-21-23-30(24-22-29)43-36(41-42-37(43)35-16-9-15-34(40-35)33-14-6-7-25-39-33)28-19-17-27(18-20-28)32-13-8-11-26-10-4-5-12-31(26)32/h4-25H,1-3H3. The second kappa shape index (κ2) is 10.8. The Kier molecular flexibility index (Phi) is 6.63. The second-order valence-corrected chi connectivity index (χ2v) is 11.7. The van der Waals surface area contributed by atoms with Gasteiger partial charge in [-0.1, -0.05) is 112 Å². The minimum Gasteiger partial charge on any atom is -0.274 e. The summed E-state index contributed by atoms with van der Waals surface area (Å²) < 4.78 is 2.10. The molecule has 5 nitrogen and oxygen atoms in total. The molecule has 3 aromatic heterocycles. The first-order valence-corrected chi connectivity index (χ1v) is 14.5. The Morgan fingerprint density at radius 3 is 1.95 bits per heavy atom. The van der Waals surface area contributed by atoms with Crippen molar-refractivity contribution in [3.05, 3.63) is 139 Å². The van der Waals surface area contributed by atoms with E-state index < -0.39 is 0 Å². The van der Waals surface area contributed by atoms with Gasteiger partial charge in [-0.05, 0) is 69.3 Å². The van der Waals surface area contributed by atoms with Gasteiger partial charge in [-0.25, -0.2) is 4.98 Å². The molecule has 0 radical (unpaired) electrons. The maximum Gasteiger partial charge on any atom is 0.187 e. The Bertz CT molecular complexity index is 2030. The third-order valence-corrected chi connectivity index (χ3v) is 7.80. The molecular formula is C38H31N5. The van der Waals surface area contributed by atoms with Crippen molar-refractivity contribution in [3.63, 3.8) is 0 Å². The van der Waals surface area contributed by atoms with Crippen molar-refractivity contribution < 1.29 is 0 Å². The van der Waals surface area contributed by atoms with E-state index in [1.165, 1.54) is 21.9 Å². The van der Waals surface area contributed by atoms with Crippen molar-refractivity contribution in [1.29, 1.82) is 0 Å². The molecule has 208 valence electrons. The van der Waals surface area contributed by atoms with Crippen LogP contribution in [0.25, 0.3) is 61.9 Å². The van der Waals surface area contributed by atoms with Crippen molar-refractivity contribution in [2.24, 2.45) is 0 Å². The van der Waals surface area contributed by atoms with E-state index in [1.54, 1.807) is 6.20 Å². The summed E-state index contributed by atoms with van der Waals surface area (Å²) >= 11 is 0. The number of hydrogen-bond acceptors (Lipinski definition) is 4. The zero-order valence-electron chi connectivity index (χ0n) is 24.4. The fourth-order valence-electron chi connectivity index (χ4n) is 5.48. The summed E-state index contributed by atoms with van der Waals surface area (Å²) in [5.74, 6) is 1.43. The van der Waals surface area contributed by atoms with Crippen LogP contribution in [-0.2, 0) is 5.41 Å². The smallest absolute Gasteiger partial charge is 0.187 e. The van der Waals surface area contributed by atoms with Crippen molar-refractivity contribution in [3.8, 4) is 51.1 Å². The average molecular weight is 558 g/mol. The van der Waals surface area contributed by atoms with E-state index in [0.717, 1.165) is 39.7 Å². The number of hydrogen-bond donors (Lipinski definition) is 0. The van der Waals surface area contributed by atoms with E-state index in [1.807, 2.05) is 36.4 Å². The third-order valence-electron chi connectivity index (χ3n) is 7.80. The van der Waals surface area contributed by atoms with Crippen LogP contribution in [0.1, 0.15) is 26.3 Å². The Balaban J connectivity index is 1.35. The van der Waals surface area contributed by atoms with Gasteiger partial charge in [0, 0.05) is 17.4 Å². The molecule has 0 aliphatic heterocycles. The monoisotopic (exact) mass is 557 g/mol. The number of pyridine rings is 2. The van der Waals surface area contributed by atoms with Gasteiger partial charge in [0.15, 0.2) is 11.6 Å². The molecule has 43 heavy (non-hydrogen) atoms. The van der Waals surface area contributed by atoms with Gasteiger partial charge in [0.1, 0.15) is 5.69 Å². The molecule has 0 bridgehead atoms. The largest absolute Gasteiger partial charge is 0.274 e. The Morgan fingerprint density at radius 2 is 1.19 bits per heavy atom. The van der Waals surface area contributed by atoms with Gasteiger partial charge in [0.05, 0.1) is 11.4 Å². The Morgan fingerprint density at radius 1 is 0.535 bits per heavy atom. The summed E-state index contributed by atoms with van der Waals surface area (Å²) in [6, 6.07) is 44.0. The predicted molar refractivity (Wildman–Crippen MR) is 175 cm³/mol. The summed E-state index contributed by atoms with van der Waals surface area (Å²) in [5.41, 5.74) is 7.97. The summed E-state index contributed by atoms with van der Waals surface area (Å²) in [6.07, 6.45) is 1.78. The number of benzene rings is 4. The molecule has 7 aromatic rings. The minimum absolute atomic E-state index is 0.0490. The zero-order chi connectivity index (χ0) is 29.4. The molecule has 0 unspecified atom stereocenters. The van der Waals surface area contributed by atoms with E-state index in [0.29, 0.717) is 5.82 Å². The summed E-state index contributed by atoms with van der Waals surface area (Å²) in [7, 11) is 0. The van der Waals surface area contributed by atoms with Crippen molar-refractivity contribution in [2.75, 3.05) is 0 Å². The molecule has 0 saturated heterocycles. The summed E-state index contributed by atoms with van der Waals surface area (Å²) in [4.78, 5) is 9.46. The summed E-state index contributed by atoms with van der Waals surface area (Å²) in [6.45, 7) is 6.67. The lowest BCUT2D eigenvalue weighted by molar-refractivity contribution is 0.590. The quantitative estimate of drug-likeness (QED) is 0.212. The van der Waals surface area contributed by atoms with Crippen LogP contribution in [0.4, 0.5) is 0 Å². The fraction of sp³-hybridized carbons (Fsp3) is 0.105. The van der Waals surface area contributed by atoms with Crippen LogP contribution in [0.2, 0.25) is 0 Å². The Hall–Kier alpha value is -5.42. The normalized spacial score (nSPS) is 11.6. The van der Waals surface area contributed by atoms with E-state index in [2.05, 4.69) is 121 Å². The van der Waals surface area contributed by atoms with Crippen molar-refractivity contribution >= 4 is 10.8 Å². The van der Waals surface area contributed by atoms with E-state index in [9.17, 15) is 0 Å². The highest BCUT2D eigenvalue weighted by Gasteiger charge is 2.20. The fourth-order valence-corrected chi connectivity index (χ4v) is 5.48. The Labute approximate surface area is 251 Å². The molecule has 0 N–H and O–H groups in total. The van der Waals surface area contributed by atoms with Gasteiger partial charge in [-0.3, -0.25) is 9.55 Å². The van der Waals surface area contributed by atoms with E-state index in [4.69, 9.17) is 15.2 Å². The van der Waals surface area contributed by atoms with E-state index in [-0.39, 0.29) is 5.41 Å². The number of nitrogens with zero attached hydrogens (tertiary/aromatic N) is 5. The van der Waals surface area contributed by atoms with Crippen LogP contribution in [0.15, 0.2) is 134 Å². The second-order valence-electron chi connectivity index (χ2n) is 11.7. The van der Waals surface area contributed by atoms with Crippen LogP contribution < -0.4 is 0 Å². The van der Waals surface area contributed by atoms with Crippen LogP contribution >= 0.6 is 0 Å². The zero-order valence-corrected chi connectivity index (χ0v) is 24.4. The van der Waals surface area contributed by atoms with Crippen molar-refractivity contribution in [1.82, 2.24) is 24.7 Å². The lowest BCUT2D eigenvalue weighted by atomic mass is 9.87. The maximum absolute atomic E-state index is 4.96. The summed E-state index contributed by atoms with van der Waals surface area (Å²) in [5, 5.41) is 11.9. The molecule has 0 atom stereocenters. The van der Waals surface area contributed by atoms with Gasteiger partial charge in [-0.15, -0.1) is 10.2 Å². The lowest BCUT2D eigenvalue weighted by Gasteiger charge is -2.20. The molecular weight excluding hydrogens is 526 g/mol. The average Bonchev–Trinajstić information content (AvgIpc) is 3.50. The molecule has 7 rings (SSSR count). The SMILES string of the molecule is CC(C)(C)c1ccc(-n2c(-c3ccc(-c4cccc5ccccc45)cc3)nnc2-c2cccc(-c3ccccn3)n2)cc1. The highest BCUT2D eigenvalue weighted by molar-refractivity contribution is 5.96. The van der Waals surface area contributed by atoms with Crippen LogP contribution in [0.3, 0.4) is 0 Å². The molecule has 0 amide bonds.